The van der Waals surface area contributed by atoms with Crippen LogP contribution in [0, 0.1) is 20.2 Å². The minimum atomic E-state index is -1.07. The van der Waals surface area contributed by atoms with Gasteiger partial charge < -0.3 is 9.57 Å². The number of non-ortho nitro benzene ring substituents is 2. The first-order valence-electron chi connectivity index (χ1n) is 9.38. The number of anilines is 1. The third kappa shape index (κ3) is 5.94. The Morgan fingerprint density at radius 1 is 0.882 bits per heavy atom. The molecular formula is C21H15N5O8. The summed E-state index contributed by atoms with van der Waals surface area (Å²) in [5.74, 6) is -1.13. The summed E-state index contributed by atoms with van der Waals surface area (Å²) in [6.07, 6.45) is 0. The summed E-state index contributed by atoms with van der Waals surface area (Å²) in [7, 11) is 1.48. The van der Waals surface area contributed by atoms with Crippen molar-refractivity contribution in [1.29, 1.82) is 0 Å². The fraction of sp³-hybridized carbons (Fsp3) is 0.0476. The molecule has 0 aromatic heterocycles. The molecule has 3 aromatic rings. The molecule has 0 unspecified atom stereocenters. The molecule has 1 amide bonds. The van der Waals surface area contributed by atoms with Crippen LogP contribution < -0.4 is 10.2 Å². The van der Waals surface area contributed by atoms with Crippen molar-refractivity contribution in [3.63, 3.8) is 0 Å². The van der Waals surface area contributed by atoms with Gasteiger partial charge in [-0.05, 0) is 42.5 Å². The number of hydrogen-bond donors (Lipinski definition) is 1. The third-order valence-electron chi connectivity index (χ3n) is 4.26. The number of nitro groups is 2. The van der Waals surface area contributed by atoms with Crippen LogP contribution >= 0.6 is 0 Å². The molecule has 1 N–H and O–H groups in total. The highest BCUT2D eigenvalue weighted by molar-refractivity contribution is 5.95. The summed E-state index contributed by atoms with van der Waals surface area (Å²) < 4.78 is 5.05. The van der Waals surface area contributed by atoms with Crippen LogP contribution in [0.3, 0.4) is 0 Å². The van der Waals surface area contributed by atoms with Gasteiger partial charge in [0.15, 0.2) is 0 Å². The minimum absolute atomic E-state index is 0.298. The highest BCUT2D eigenvalue weighted by Gasteiger charge is 2.21. The normalized spacial score (nSPS) is 10.5. The largest absolute Gasteiger partial charge is 0.497 e. The second-order valence-electron chi connectivity index (χ2n) is 6.53. The number of amides is 1. The number of nitro benzene ring substituents is 2. The van der Waals surface area contributed by atoms with Crippen LogP contribution in [0.4, 0.5) is 22.7 Å². The van der Waals surface area contributed by atoms with Crippen LogP contribution in [0.2, 0.25) is 0 Å². The molecule has 3 rings (SSSR count). The van der Waals surface area contributed by atoms with Gasteiger partial charge in [0.2, 0.25) is 0 Å². The zero-order valence-corrected chi connectivity index (χ0v) is 17.4. The van der Waals surface area contributed by atoms with E-state index in [2.05, 4.69) is 15.7 Å². The van der Waals surface area contributed by atoms with E-state index in [9.17, 15) is 29.8 Å². The molecule has 0 fully saturated rings. The van der Waals surface area contributed by atoms with Gasteiger partial charge in [-0.3, -0.25) is 25.0 Å². The van der Waals surface area contributed by atoms with Gasteiger partial charge in [0.05, 0.1) is 40.0 Å². The molecule has 34 heavy (non-hydrogen) atoms. The molecule has 0 aliphatic rings. The van der Waals surface area contributed by atoms with Gasteiger partial charge in [-0.1, -0.05) is 6.07 Å². The Balaban J connectivity index is 1.63. The first-order valence-corrected chi connectivity index (χ1v) is 9.38. The molecule has 13 heteroatoms. The second-order valence-corrected chi connectivity index (χ2v) is 6.53. The highest BCUT2D eigenvalue weighted by Crippen LogP contribution is 2.24. The fourth-order valence-corrected chi connectivity index (χ4v) is 2.60. The van der Waals surface area contributed by atoms with E-state index < -0.39 is 33.1 Å². The maximum Gasteiger partial charge on any atom is 0.363 e. The van der Waals surface area contributed by atoms with Gasteiger partial charge in [0.25, 0.3) is 17.3 Å². The Morgan fingerprint density at radius 3 is 2.12 bits per heavy atom. The van der Waals surface area contributed by atoms with Crippen molar-refractivity contribution in [2.45, 2.75) is 0 Å². The van der Waals surface area contributed by atoms with Crippen molar-refractivity contribution in [2.24, 2.45) is 10.2 Å². The summed E-state index contributed by atoms with van der Waals surface area (Å²) in [5, 5.41) is 29.4. The number of nitrogens with zero attached hydrogens (tertiary/aromatic N) is 4. The summed E-state index contributed by atoms with van der Waals surface area (Å²) in [4.78, 5) is 49.3. The van der Waals surface area contributed by atoms with E-state index in [1.54, 1.807) is 18.2 Å². The van der Waals surface area contributed by atoms with E-state index in [1.165, 1.54) is 37.4 Å². The number of carbonyl (C=O) groups excluding carboxylic acids is 2. The van der Waals surface area contributed by atoms with Gasteiger partial charge in [0, 0.05) is 17.7 Å². The van der Waals surface area contributed by atoms with E-state index in [1.807, 2.05) is 0 Å². The molecule has 0 spiro atoms. The van der Waals surface area contributed by atoms with Gasteiger partial charge >= 0.3 is 5.97 Å². The number of rotatable bonds is 8. The maximum atomic E-state index is 12.2. The Labute approximate surface area is 190 Å². The number of methoxy groups -OCH3 is 1. The summed E-state index contributed by atoms with van der Waals surface area (Å²) in [6, 6.07) is 14.8. The lowest BCUT2D eigenvalue weighted by Gasteiger charge is -2.07. The summed E-state index contributed by atoms with van der Waals surface area (Å²) >= 11 is 0. The number of azo groups is 1. The fourth-order valence-electron chi connectivity index (χ4n) is 2.60. The number of carbonyl (C=O) groups is 2. The van der Waals surface area contributed by atoms with Gasteiger partial charge in [-0.25, -0.2) is 10.3 Å². The first kappa shape index (κ1) is 23.5. The zero-order chi connectivity index (χ0) is 24.7. The van der Waals surface area contributed by atoms with E-state index in [-0.39, 0.29) is 5.56 Å². The molecule has 0 heterocycles. The van der Waals surface area contributed by atoms with Crippen molar-refractivity contribution in [2.75, 3.05) is 12.6 Å². The van der Waals surface area contributed by atoms with Gasteiger partial charge in [-0.2, -0.15) is 0 Å². The average Bonchev–Trinajstić information content (AvgIpc) is 2.86. The number of nitrogens with one attached hydrogen (secondary N) is 1. The monoisotopic (exact) mass is 465 g/mol. The van der Waals surface area contributed by atoms with Crippen molar-refractivity contribution < 1.29 is 29.0 Å². The minimum Gasteiger partial charge on any atom is -0.497 e. The van der Waals surface area contributed by atoms with Crippen molar-refractivity contribution in [1.82, 2.24) is 0 Å². The Morgan fingerprint density at radius 2 is 1.53 bits per heavy atom. The van der Waals surface area contributed by atoms with E-state index in [4.69, 9.17) is 9.57 Å². The lowest BCUT2D eigenvalue weighted by atomic mass is 10.2. The van der Waals surface area contributed by atoms with Crippen LogP contribution in [0.5, 0.6) is 5.75 Å². The SMILES string of the molecule is COc1cccc(C(=O)N=Nc2ccc(NOC(=O)c3cc([N+](=O)[O-])cc([N+](=O)[O-])c3)cc2)c1. The number of ether oxygens (including phenoxy) is 1. The van der Waals surface area contributed by atoms with Crippen LogP contribution in [0.15, 0.2) is 77.0 Å². The van der Waals surface area contributed by atoms with Crippen molar-refractivity contribution in [3.05, 3.63) is 98.1 Å². The molecule has 0 aliphatic heterocycles. The third-order valence-corrected chi connectivity index (χ3v) is 4.26. The Hall–Kier alpha value is -5.20. The van der Waals surface area contributed by atoms with Crippen LogP contribution in [0.25, 0.3) is 0 Å². The highest BCUT2D eigenvalue weighted by atomic mass is 16.7. The zero-order valence-electron chi connectivity index (χ0n) is 17.4. The Bertz CT molecular complexity index is 1260. The molecule has 13 nitrogen and oxygen atoms in total. The standard InChI is InChI=1S/C21H15N5O8/c1-33-19-4-2-3-13(11-19)20(27)23-22-15-5-7-16(8-6-15)24-34-21(28)14-9-17(25(29)30)12-18(10-14)26(31)32/h2-12,24H,1H3. The molecule has 0 saturated heterocycles. The molecule has 0 aliphatic carbocycles. The van der Waals surface area contributed by atoms with E-state index in [0.29, 0.717) is 22.7 Å². The predicted molar refractivity (Wildman–Crippen MR) is 117 cm³/mol. The summed E-state index contributed by atoms with van der Waals surface area (Å²) in [5.41, 5.74) is 1.63. The molecule has 0 saturated carbocycles. The predicted octanol–water partition coefficient (Wildman–Crippen LogP) is 4.62. The quantitative estimate of drug-likeness (QED) is 0.282. The molecule has 3 aromatic carbocycles. The molecule has 0 atom stereocenters. The topological polar surface area (TPSA) is 176 Å². The smallest absolute Gasteiger partial charge is 0.363 e. The van der Waals surface area contributed by atoms with Crippen LogP contribution in [-0.2, 0) is 4.84 Å². The van der Waals surface area contributed by atoms with Crippen molar-refractivity contribution in [3.8, 4) is 5.75 Å². The molecule has 0 bridgehead atoms. The van der Waals surface area contributed by atoms with Crippen LogP contribution in [0.1, 0.15) is 20.7 Å². The Kier molecular flexibility index (Phi) is 7.18. The molecule has 0 radical (unpaired) electrons. The molecule has 172 valence electrons. The number of hydrogen-bond acceptors (Lipinski definition) is 10. The molecular weight excluding hydrogens is 450 g/mol. The van der Waals surface area contributed by atoms with Crippen LogP contribution in [-0.4, -0.2) is 28.8 Å². The average molecular weight is 465 g/mol. The van der Waals surface area contributed by atoms with E-state index >= 15 is 0 Å². The summed E-state index contributed by atoms with van der Waals surface area (Å²) in [6.45, 7) is 0. The lowest BCUT2D eigenvalue weighted by molar-refractivity contribution is -0.394. The number of benzene rings is 3. The first-order chi connectivity index (χ1) is 16.3. The van der Waals surface area contributed by atoms with Crippen molar-refractivity contribution >= 4 is 34.6 Å². The maximum absolute atomic E-state index is 12.2. The van der Waals surface area contributed by atoms with Gasteiger partial charge in [-0.15, -0.1) is 10.2 Å². The van der Waals surface area contributed by atoms with E-state index in [0.717, 1.165) is 18.2 Å². The lowest BCUT2D eigenvalue weighted by Crippen LogP contribution is -2.11. The second kappa shape index (κ2) is 10.4. The van der Waals surface area contributed by atoms with Gasteiger partial charge in [0.1, 0.15) is 5.75 Å².